The molecule has 5 heteroatoms. The van der Waals surface area contributed by atoms with Gasteiger partial charge in [0, 0.05) is 18.7 Å². The summed E-state index contributed by atoms with van der Waals surface area (Å²) in [5.74, 6) is -1.25. The van der Waals surface area contributed by atoms with Crippen molar-refractivity contribution in [3.63, 3.8) is 0 Å². The Balaban J connectivity index is 2.08. The zero-order valence-electron chi connectivity index (χ0n) is 11.7. The molecule has 0 saturated heterocycles. The molecule has 2 unspecified atom stereocenters. The summed E-state index contributed by atoms with van der Waals surface area (Å²) in [5.41, 5.74) is 1.29. The van der Waals surface area contributed by atoms with E-state index in [0.717, 1.165) is 24.8 Å². The molecule has 2 N–H and O–H groups in total. The van der Waals surface area contributed by atoms with Crippen LogP contribution in [0.15, 0.2) is 18.2 Å². The average molecular weight is 277 g/mol. The maximum atomic E-state index is 12.2. The van der Waals surface area contributed by atoms with Crippen molar-refractivity contribution in [3.05, 3.63) is 34.9 Å². The van der Waals surface area contributed by atoms with Crippen molar-refractivity contribution in [1.29, 1.82) is 0 Å². The average Bonchev–Trinajstić information content (AvgIpc) is 2.85. The first-order chi connectivity index (χ1) is 9.49. The second-order valence-corrected chi connectivity index (χ2v) is 5.23. The third-order valence-corrected chi connectivity index (χ3v) is 3.64. The fourth-order valence-electron chi connectivity index (χ4n) is 2.59. The Bertz CT molecular complexity index is 527. The van der Waals surface area contributed by atoms with Crippen LogP contribution in [0, 0.1) is 6.92 Å². The molecule has 1 amide bonds. The molecule has 1 aromatic rings. The molecule has 1 aliphatic rings. The van der Waals surface area contributed by atoms with Gasteiger partial charge in [0.2, 0.25) is 0 Å². The lowest BCUT2D eigenvalue weighted by Gasteiger charge is -2.13. The number of aromatic carboxylic acids is 1. The molecule has 5 nitrogen and oxygen atoms in total. The van der Waals surface area contributed by atoms with E-state index in [-0.39, 0.29) is 23.6 Å². The minimum Gasteiger partial charge on any atom is -0.478 e. The zero-order valence-corrected chi connectivity index (χ0v) is 11.7. The summed E-state index contributed by atoms with van der Waals surface area (Å²) in [5, 5.41) is 12.0. The van der Waals surface area contributed by atoms with Gasteiger partial charge in [0.15, 0.2) is 0 Å². The Morgan fingerprint density at radius 3 is 2.55 bits per heavy atom. The van der Waals surface area contributed by atoms with Crippen LogP contribution < -0.4 is 5.32 Å². The number of amides is 1. The SMILES string of the molecule is COC1CCC(NC(=O)c2cc(C)cc(C(=O)O)c2)C1. The van der Waals surface area contributed by atoms with E-state index in [4.69, 9.17) is 9.84 Å². The molecule has 0 spiro atoms. The highest BCUT2D eigenvalue weighted by Crippen LogP contribution is 2.22. The molecule has 0 aromatic heterocycles. The molecular weight excluding hydrogens is 258 g/mol. The van der Waals surface area contributed by atoms with Gasteiger partial charge in [-0.15, -0.1) is 0 Å². The van der Waals surface area contributed by atoms with E-state index in [1.54, 1.807) is 26.2 Å². The van der Waals surface area contributed by atoms with Gasteiger partial charge in [-0.05, 0) is 49.9 Å². The number of hydrogen-bond acceptors (Lipinski definition) is 3. The van der Waals surface area contributed by atoms with Gasteiger partial charge < -0.3 is 15.2 Å². The zero-order chi connectivity index (χ0) is 14.7. The lowest BCUT2D eigenvalue weighted by atomic mass is 10.1. The molecule has 0 bridgehead atoms. The van der Waals surface area contributed by atoms with Gasteiger partial charge in [-0.2, -0.15) is 0 Å². The number of ether oxygens (including phenoxy) is 1. The number of aryl methyl sites for hydroxylation is 1. The highest BCUT2D eigenvalue weighted by molar-refractivity contribution is 5.98. The van der Waals surface area contributed by atoms with Crippen molar-refractivity contribution >= 4 is 11.9 Å². The van der Waals surface area contributed by atoms with E-state index in [0.29, 0.717) is 5.56 Å². The predicted octanol–water partition coefficient (Wildman–Crippen LogP) is 1.99. The first kappa shape index (κ1) is 14.5. The quantitative estimate of drug-likeness (QED) is 0.882. The fraction of sp³-hybridized carbons (Fsp3) is 0.467. The molecule has 1 aromatic carbocycles. The van der Waals surface area contributed by atoms with E-state index in [1.165, 1.54) is 6.07 Å². The molecule has 20 heavy (non-hydrogen) atoms. The number of carbonyl (C=O) groups is 2. The summed E-state index contributed by atoms with van der Waals surface area (Å²) in [6.07, 6.45) is 2.84. The number of benzene rings is 1. The van der Waals surface area contributed by atoms with E-state index in [9.17, 15) is 9.59 Å². The van der Waals surface area contributed by atoms with Crippen molar-refractivity contribution < 1.29 is 19.4 Å². The number of carboxylic acids is 1. The van der Waals surface area contributed by atoms with E-state index < -0.39 is 5.97 Å². The fourth-order valence-corrected chi connectivity index (χ4v) is 2.59. The maximum Gasteiger partial charge on any atom is 0.335 e. The lowest BCUT2D eigenvalue weighted by Crippen LogP contribution is -2.33. The van der Waals surface area contributed by atoms with Crippen LogP contribution in [-0.2, 0) is 4.74 Å². The van der Waals surface area contributed by atoms with Gasteiger partial charge in [-0.25, -0.2) is 4.79 Å². The van der Waals surface area contributed by atoms with E-state index in [2.05, 4.69) is 5.32 Å². The molecule has 1 fully saturated rings. The van der Waals surface area contributed by atoms with Gasteiger partial charge in [0.1, 0.15) is 0 Å². The van der Waals surface area contributed by atoms with Crippen molar-refractivity contribution in [2.45, 2.75) is 38.3 Å². The van der Waals surface area contributed by atoms with Crippen molar-refractivity contribution in [3.8, 4) is 0 Å². The van der Waals surface area contributed by atoms with E-state index in [1.807, 2.05) is 0 Å². The second kappa shape index (κ2) is 6.05. The molecule has 108 valence electrons. The van der Waals surface area contributed by atoms with Crippen LogP contribution in [-0.4, -0.2) is 36.2 Å². The molecule has 2 rings (SSSR count). The molecule has 1 saturated carbocycles. The summed E-state index contributed by atoms with van der Waals surface area (Å²) in [6, 6.07) is 4.76. The minimum absolute atomic E-state index is 0.0984. The molecule has 2 atom stereocenters. The Kier molecular flexibility index (Phi) is 4.39. The number of hydrogen-bond donors (Lipinski definition) is 2. The summed E-state index contributed by atoms with van der Waals surface area (Å²) < 4.78 is 5.27. The molecule has 0 aliphatic heterocycles. The summed E-state index contributed by atoms with van der Waals surface area (Å²) in [6.45, 7) is 1.78. The first-order valence-electron chi connectivity index (χ1n) is 6.68. The van der Waals surface area contributed by atoms with Crippen molar-refractivity contribution in [1.82, 2.24) is 5.32 Å². The van der Waals surface area contributed by atoms with Crippen LogP contribution in [0.25, 0.3) is 0 Å². The summed E-state index contributed by atoms with van der Waals surface area (Å²) in [4.78, 5) is 23.2. The van der Waals surface area contributed by atoms with Crippen LogP contribution in [0.1, 0.15) is 45.5 Å². The number of carbonyl (C=O) groups excluding carboxylic acids is 1. The lowest BCUT2D eigenvalue weighted by molar-refractivity contribution is 0.0696. The van der Waals surface area contributed by atoms with Gasteiger partial charge in [-0.3, -0.25) is 4.79 Å². The molecular formula is C15H19NO4. The van der Waals surface area contributed by atoms with Crippen molar-refractivity contribution in [2.75, 3.05) is 7.11 Å². The monoisotopic (exact) mass is 277 g/mol. The van der Waals surface area contributed by atoms with Gasteiger partial charge in [0.25, 0.3) is 5.91 Å². The number of nitrogens with one attached hydrogen (secondary N) is 1. The minimum atomic E-state index is -1.02. The van der Waals surface area contributed by atoms with Crippen LogP contribution >= 0.6 is 0 Å². The topological polar surface area (TPSA) is 75.6 Å². The second-order valence-electron chi connectivity index (χ2n) is 5.23. The third kappa shape index (κ3) is 3.36. The smallest absolute Gasteiger partial charge is 0.335 e. The van der Waals surface area contributed by atoms with Crippen LogP contribution in [0.4, 0.5) is 0 Å². The number of methoxy groups -OCH3 is 1. The Labute approximate surface area is 117 Å². The third-order valence-electron chi connectivity index (χ3n) is 3.64. The van der Waals surface area contributed by atoms with Crippen LogP contribution in [0.2, 0.25) is 0 Å². The highest BCUT2D eigenvalue weighted by atomic mass is 16.5. The Morgan fingerprint density at radius 1 is 1.25 bits per heavy atom. The summed E-state index contributed by atoms with van der Waals surface area (Å²) in [7, 11) is 1.68. The van der Waals surface area contributed by atoms with Crippen LogP contribution in [0.5, 0.6) is 0 Å². The largest absolute Gasteiger partial charge is 0.478 e. The maximum absolute atomic E-state index is 12.2. The predicted molar refractivity (Wildman–Crippen MR) is 74.0 cm³/mol. The molecule has 1 aliphatic carbocycles. The Hall–Kier alpha value is -1.88. The van der Waals surface area contributed by atoms with Gasteiger partial charge >= 0.3 is 5.97 Å². The normalized spacial score (nSPS) is 21.7. The highest BCUT2D eigenvalue weighted by Gasteiger charge is 2.26. The summed E-state index contributed by atoms with van der Waals surface area (Å²) >= 11 is 0. The van der Waals surface area contributed by atoms with Gasteiger partial charge in [-0.1, -0.05) is 0 Å². The van der Waals surface area contributed by atoms with Crippen LogP contribution in [0.3, 0.4) is 0 Å². The molecule has 0 radical (unpaired) electrons. The Morgan fingerprint density at radius 2 is 1.95 bits per heavy atom. The van der Waals surface area contributed by atoms with E-state index >= 15 is 0 Å². The van der Waals surface area contributed by atoms with Gasteiger partial charge in [0.05, 0.1) is 11.7 Å². The number of rotatable bonds is 4. The van der Waals surface area contributed by atoms with Crippen molar-refractivity contribution in [2.24, 2.45) is 0 Å². The first-order valence-corrected chi connectivity index (χ1v) is 6.68. The standard InChI is InChI=1S/C15H19NO4/c1-9-5-10(7-11(6-9)15(18)19)14(17)16-12-3-4-13(8-12)20-2/h5-7,12-13H,3-4,8H2,1-2H3,(H,16,17)(H,18,19). The molecule has 0 heterocycles. The number of carboxylic acid groups (broad SMARTS) is 1.